The molecule has 1 heteroatoms. The summed E-state index contributed by atoms with van der Waals surface area (Å²) in [6.45, 7) is 0. The summed E-state index contributed by atoms with van der Waals surface area (Å²) in [6.07, 6.45) is 4.22. The van der Waals surface area contributed by atoms with E-state index >= 15 is 0 Å². The van der Waals surface area contributed by atoms with Crippen LogP contribution in [0.25, 0.3) is 12.2 Å². The molecule has 0 atom stereocenters. The maximum atomic E-state index is 3.45. The van der Waals surface area contributed by atoms with Crippen LogP contribution in [0.4, 0.5) is 0 Å². The average molecular weight is 259 g/mol. The number of rotatable bonds is 2. The zero-order chi connectivity index (χ0) is 10.5. The Kier molecular flexibility index (Phi) is 3.36. The second-order valence-electron chi connectivity index (χ2n) is 3.30. The summed E-state index contributed by atoms with van der Waals surface area (Å²) in [6, 6.07) is 18.5. The van der Waals surface area contributed by atoms with Gasteiger partial charge in [0.05, 0.1) is 0 Å². The SMILES string of the molecule is Brc1cccc(/C=C\c2ccccc2)c1. The van der Waals surface area contributed by atoms with Crippen molar-refractivity contribution in [1.82, 2.24) is 0 Å². The molecule has 0 aromatic heterocycles. The van der Waals surface area contributed by atoms with Crippen LogP contribution >= 0.6 is 15.9 Å². The number of hydrogen-bond acceptors (Lipinski definition) is 0. The van der Waals surface area contributed by atoms with Crippen molar-refractivity contribution in [3.63, 3.8) is 0 Å². The average Bonchev–Trinajstić information content (AvgIpc) is 2.28. The van der Waals surface area contributed by atoms with Gasteiger partial charge in [-0.05, 0) is 23.3 Å². The molecule has 0 saturated heterocycles. The van der Waals surface area contributed by atoms with Gasteiger partial charge in [-0.25, -0.2) is 0 Å². The Morgan fingerprint density at radius 1 is 0.733 bits per heavy atom. The molecule has 0 nitrogen and oxygen atoms in total. The summed E-state index contributed by atoms with van der Waals surface area (Å²) in [5, 5.41) is 0. The molecule has 2 aromatic carbocycles. The van der Waals surface area contributed by atoms with Crippen molar-refractivity contribution in [2.45, 2.75) is 0 Å². The van der Waals surface area contributed by atoms with E-state index in [1.807, 2.05) is 30.3 Å². The molecular formula is C14H11Br. The Morgan fingerprint density at radius 2 is 1.40 bits per heavy atom. The first-order valence-electron chi connectivity index (χ1n) is 4.83. The second kappa shape index (κ2) is 4.94. The highest BCUT2D eigenvalue weighted by Gasteiger charge is 1.88. The van der Waals surface area contributed by atoms with Crippen LogP contribution in [0.2, 0.25) is 0 Å². The van der Waals surface area contributed by atoms with Crippen molar-refractivity contribution >= 4 is 28.1 Å². The molecule has 0 bridgehead atoms. The van der Waals surface area contributed by atoms with Gasteiger partial charge >= 0.3 is 0 Å². The molecule has 15 heavy (non-hydrogen) atoms. The first-order valence-corrected chi connectivity index (χ1v) is 5.62. The van der Waals surface area contributed by atoms with E-state index in [2.05, 4.69) is 52.3 Å². The molecule has 0 aliphatic carbocycles. The second-order valence-corrected chi connectivity index (χ2v) is 4.21. The fourth-order valence-corrected chi connectivity index (χ4v) is 1.78. The molecule has 2 rings (SSSR count). The van der Waals surface area contributed by atoms with Gasteiger partial charge in [-0.15, -0.1) is 0 Å². The molecule has 0 unspecified atom stereocenters. The zero-order valence-corrected chi connectivity index (χ0v) is 9.81. The Hall–Kier alpha value is -1.34. The van der Waals surface area contributed by atoms with Gasteiger partial charge in [-0.1, -0.05) is 70.5 Å². The van der Waals surface area contributed by atoms with Crippen LogP contribution in [-0.2, 0) is 0 Å². The fourth-order valence-electron chi connectivity index (χ4n) is 1.37. The number of hydrogen-bond donors (Lipinski definition) is 0. The zero-order valence-electron chi connectivity index (χ0n) is 8.23. The summed E-state index contributed by atoms with van der Waals surface area (Å²) in [4.78, 5) is 0. The first kappa shape index (κ1) is 10.2. The minimum absolute atomic E-state index is 1.11. The molecule has 0 aliphatic rings. The lowest BCUT2D eigenvalue weighted by Gasteiger charge is -1.95. The van der Waals surface area contributed by atoms with E-state index in [1.54, 1.807) is 0 Å². The van der Waals surface area contributed by atoms with Gasteiger partial charge in [0.15, 0.2) is 0 Å². The molecule has 0 fully saturated rings. The van der Waals surface area contributed by atoms with Gasteiger partial charge in [0.2, 0.25) is 0 Å². The standard InChI is InChI=1S/C14H11Br/c15-14-8-4-7-13(11-14)10-9-12-5-2-1-3-6-12/h1-11H/b10-9-. The van der Waals surface area contributed by atoms with Crippen molar-refractivity contribution < 1.29 is 0 Å². The summed E-state index contributed by atoms with van der Waals surface area (Å²) in [5.41, 5.74) is 2.42. The molecule has 0 aliphatic heterocycles. The van der Waals surface area contributed by atoms with E-state index in [0.29, 0.717) is 0 Å². The van der Waals surface area contributed by atoms with E-state index in [9.17, 15) is 0 Å². The highest BCUT2D eigenvalue weighted by Crippen LogP contribution is 2.14. The first-order chi connectivity index (χ1) is 7.34. The van der Waals surface area contributed by atoms with Crippen molar-refractivity contribution in [2.24, 2.45) is 0 Å². The van der Waals surface area contributed by atoms with Gasteiger partial charge in [0.25, 0.3) is 0 Å². The van der Waals surface area contributed by atoms with Crippen LogP contribution in [0.1, 0.15) is 11.1 Å². The topological polar surface area (TPSA) is 0 Å². The van der Waals surface area contributed by atoms with Gasteiger partial charge < -0.3 is 0 Å². The summed E-state index contributed by atoms with van der Waals surface area (Å²) < 4.78 is 1.11. The minimum Gasteiger partial charge on any atom is -0.0622 e. The van der Waals surface area contributed by atoms with Crippen LogP contribution in [0.3, 0.4) is 0 Å². The van der Waals surface area contributed by atoms with Gasteiger partial charge in [-0.3, -0.25) is 0 Å². The lowest BCUT2D eigenvalue weighted by molar-refractivity contribution is 1.61. The van der Waals surface area contributed by atoms with Crippen molar-refractivity contribution in [3.8, 4) is 0 Å². The molecule has 74 valence electrons. The molecule has 0 spiro atoms. The number of halogens is 1. The third-order valence-corrected chi connectivity index (χ3v) is 2.61. The van der Waals surface area contributed by atoms with Gasteiger partial charge in [-0.2, -0.15) is 0 Å². The maximum absolute atomic E-state index is 3.45. The predicted octanol–water partition coefficient (Wildman–Crippen LogP) is 4.62. The van der Waals surface area contributed by atoms with E-state index in [0.717, 1.165) is 4.47 Å². The highest BCUT2D eigenvalue weighted by atomic mass is 79.9. The smallest absolute Gasteiger partial charge is 0.0181 e. The van der Waals surface area contributed by atoms with Crippen LogP contribution < -0.4 is 0 Å². The Labute approximate surface area is 98.4 Å². The monoisotopic (exact) mass is 258 g/mol. The van der Waals surface area contributed by atoms with Gasteiger partial charge in [0.1, 0.15) is 0 Å². The lowest BCUT2D eigenvalue weighted by atomic mass is 10.1. The largest absolute Gasteiger partial charge is 0.0622 e. The Bertz CT molecular complexity index is 458. The van der Waals surface area contributed by atoms with Crippen LogP contribution in [-0.4, -0.2) is 0 Å². The summed E-state index contributed by atoms with van der Waals surface area (Å²) in [7, 11) is 0. The molecule has 0 amide bonds. The molecule has 0 radical (unpaired) electrons. The molecule has 0 saturated carbocycles. The van der Waals surface area contributed by atoms with Crippen molar-refractivity contribution in [3.05, 3.63) is 70.2 Å². The van der Waals surface area contributed by atoms with E-state index < -0.39 is 0 Å². The summed E-state index contributed by atoms with van der Waals surface area (Å²) in [5.74, 6) is 0. The maximum Gasteiger partial charge on any atom is 0.0181 e. The normalized spacial score (nSPS) is 10.7. The fraction of sp³-hybridized carbons (Fsp3) is 0. The lowest BCUT2D eigenvalue weighted by Crippen LogP contribution is -1.72. The van der Waals surface area contributed by atoms with Crippen molar-refractivity contribution in [2.75, 3.05) is 0 Å². The number of benzene rings is 2. The molecular weight excluding hydrogens is 248 g/mol. The van der Waals surface area contributed by atoms with Crippen molar-refractivity contribution in [1.29, 1.82) is 0 Å². The Balaban J connectivity index is 2.19. The third-order valence-electron chi connectivity index (χ3n) is 2.12. The summed E-state index contributed by atoms with van der Waals surface area (Å²) >= 11 is 3.45. The highest BCUT2D eigenvalue weighted by molar-refractivity contribution is 9.10. The molecule has 0 heterocycles. The van der Waals surface area contributed by atoms with Crippen LogP contribution in [0.15, 0.2) is 59.1 Å². The quantitative estimate of drug-likeness (QED) is 0.690. The van der Waals surface area contributed by atoms with Crippen LogP contribution in [0.5, 0.6) is 0 Å². The van der Waals surface area contributed by atoms with Crippen LogP contribution in [0, 0.1) is 0 Å². The van der Waals surface area contributed by atoms with E-state index in [-0.39, 0.29) is 0 Å². The predicted molar refractivity (Wildman–Crippen MR) is 69.5 cm³/mol. The molecule has 2 aromatic rings. The van der Waals surface area contributed by atoms with E-state index in [4.69, 9.17) is 0 Å². The van der Waals surface area contributed by atoms with Gasteiger partial charge in [0, 0.05) is 4.47 Å². The minimum atomic E-state index is 1.11. The third kappa shape index (κ3) is 3.07. The van der Waals surface area contributed by atoms with E-state index in [1.165, 1.54) is 11.1 Å². The molecule has 0 N–H and O–H groups in total. The Morgan fingerprint density at radius 3 is 2.13 bits per heavy atom.